The van der Waals surface area contributed by atoms with Crippen molar-refractivity contribution in [3.05, 3.63) is 36.5 Å². The van der Waals surface area contributed by atoms with E-state index in [1.165, 1.54) is 17.3 Å². The fourth-order valence-electron chi connectivity index (χ4n) is 4.51. The van der Waals surface area contributed by atoms with Crippen LogP contribution in [0.15, 0.2) is 36.5 Å². The number of likely N-dealkylation sites (tertiary alicyclic amines) is 1. The number of piperidine rings is 1. The molecule has 4 heteroatoms. The highest BCUT2D eigenvalue weighted by Gasteiger charge is 2.43. The number of hydrogen-bond donors (Lipinski definition) is 1. The van der Waals surface area contributed by atoms with Gasteiger partial charge < -0.3 is 14.6 Å². The lowest BCUT2D eigenvalue weighted by Gasteiger charge is -2.47. The van der Waals surface area contributed by atoms with Crippen molar-refractivity contribution in [1.82, 2.24) is 9.47 Å². The summed E-state index contributed by atoms with van der Waals surface area (Å²) in [5.74, 6) is 0.497. The molecule has 4 nitrogen and oxygen atoms in total. The Bertz CT molecular complexity index is 738. The second-order valence-electron chi connectivity index (χ2n) is 7.45. The van der Waals surface area contributed by atoms with Crippen molar-refractivity contribution in [3.8, 4) is 0 Å². The minimum atomic E-state index is -0.508. The second kappa shape index (κ2) is 6.25. The lowest BCUT2D eigenvalue weighted by atomic mass is 9.71. The molecule has 1 saturated carbocycles. The molecule has 1 amide bonds. The summed E-state index contributed by atoms with van der Waals surface area (Å²) >= 11 is 0. The van der Waals surface area contributed by atoms with Crippen LogP contribution in [0.25, 0.3) is 10.9 Å². The molecule has 4 rings (SSSR count). The van der Waals surface area contributed by atoms with Gasteiger partial charge in [0.25, 0.3) is 0 Å². The average molecular weight is 326 g/mol. The van der Waals surface area contributed by atoms with Gasteiger partial charge in [-0.15, -0.1) is 0 Å². The molecule has 1 saturated heterocycles. The number of para-hydroxylation sites is 1. The van der Waals surface area contributed by atoms with E-state index >= 15 is 0 Å². The van der Waals surface area contributed by atoms with E-state index in [9.17, 15) is 9.90 Å². The first-order chi connectivity index (χ1) is 11.7. The molecule has 0 unspecified atom stereocenters. The van der Waals surface area contributed by atoms with E-state index in [0.29, 0.717) is 13.0 Å². The number of amides is 1. The van der Waals surface area contributed by atoms with Gasteiger partial charge >= 0.3 is 0 Å². The predicted octanol–water partition coefficient (Wildman–Crippen LogP) is 3.19. The Balaban J connectivity index is 1.38. The fraction of sp³-hybridized carbons (Fsp3) is 0.550. The van der Waals surface area contributed by atoms with Crippen LogP contribution in [-0.2, 0) is 11.3 Å². The molecule has 24 heavy (non-hydrogen) atoms. The van der Waals surface area contributed by atoms with Crippen LogP contribution >= 0.6 is 0 Å². The lowest BCUT2D eigenvalue weighted by Crippen LogP contribution is -2.54. The predicted molar refractivity (Wildman–Crippen MR) is 94.7 cm³/mol. The first-order valence-corrected chi connectivity index (χ1v) is 9.20. The summed E-state index contributed by atoms with van der Waals surface area (Å²) in [6, 6.07) is 10.4. The van der Waals surface area contributed by atoms with E-state index in [2.05, 4.69) is 29.0 Å². The Labute approximate surface area is 143 Å². The van der Waals surface area contributed by atoms with Crippen molar-refractivity contribution >= 4 is 16.8 Å². The molecule has 2 heterocycles. The van der Waals surface area contributed by atoms with Gasteiger partial charge in [-0.25, -0.2) is 0 Å². The maximum atomic E-state index is 12.6. The Morgan fingerprint density at radius 2 is 2.08 bits per heavy atom. The summed E-state index contributed by atoms with van der Waals surface area (Å²) in [5, 5.41) is 12.0. The van der Waals surface area contributed by atoms with Crippen molar-refractivity contribution in [2.45, 2.75) is 50.7 Å². The number of carbonyl (C=O) groups is 1. The molecule has 2 aromatic rings. The summed E-state index contributed by atoms with van der Waals surface area (Å²) < 4.78 is 2.16. The second-order valence-corrected chi connectivity index (χ2v) is 7.45. The molecule has 0 spiro atoms. The Morgan fingerprint density at radius 1 is 1.21 bits per heavy atom. The molecule has 2 atom stereocenters. The molecule has 2 aliphatic rings. The van der Waals surface area contributed by atoms with E-state index in [1.807, 2.05) is 17.0 Å². The average Bonchev–Trinajstić information content (AvgIpc) is 3.02. The highest BCUT2D eigenvalue weighted by atomic mass is 16.3. The molecular formula is C20H26N2O2. The molecule has 0 bridgehead atoms. The largest absolute Gasteiger partial charge is 0.389 e. The lowest BCUT2D eigenvalue weighted by molar-refractivity contribution is -0.143. The number of carbonyl (C=O) groups excluding carboxylic acids is 1. The molecule has 1 aliphatic heterocycles. The third kappa shape index (κ3) is 2.84. The smallest absolute Gasteiger partial charge is 0.224 e. The number of nitrogens with zero attached hydrogens (tertiary/aromatic N) is 2. The first kappa shape index (κ1) is 15.7. The highest BCUT2D eigenvalue weighted by Crippen LogP contribution is 2.39. The first-order valence-electron chi connectivity index (χ1n) is 9.20. The van der Waals surface area contributed by atoms with Crippen LogP contribution in [0.5, 0.6) is 0 Å². The zero-order valence-electron chi connectivity index (χ0n) is 14.2. The van der Waals surface area contributed by atoms with E-state index in [1.54, 1.807) is 0 Å². The Hall–Kier alpha value is -1.81. The maximum Gasteiger partial charge on any atom is 0.224 e. The van der Waals surface area contributed by atoms with Crippen LogP contribution in [-0.4, -0.2) is 39.2 Å². The van der Waals surface area contributed by atoms with E-state index < -0.39 is 5.60 Å². The number of benzene rings is 1. The SMILES string of the molecule is O=C(CCn1ccc2ccccc21)N1CC[C@@]2(O)CCCC[C@@H]2C1. The zero-order valence-corrected chi connectivity index (χ0v) is 14.2. The van der Waals surface area contributed by atoms with Gasteiger partial charge in [-0.3, -0.25) is 4.79 Å². The molecule has 1 aromatic carbocycles. The van der Waals surface area contributed by atoms with Crippen molar-refractivity contribution in [2.24, 2.45) is 5.92 Å². The molecule has 1 aliphatic carbocycles. The molecule has 128 valence electrons. The van der Waals surface area contributed by atoms with Gasteiger partial charge in [0.05, 0.1) is 5.60 Å². The monoisotopic (exact) mass is 326 g/mol. The van der Waals surface area contributed by atoms with E-state index in [4.69, 9.17) is 0 Å². The molecule has 2 fully saturated rings. The topological polar surface area (TPSA) is 45.5 Å². The van der Waals surface area contributed by atoms with Gasteiger partial charge in [0.15, 0.2) is 0 Å². The molecule has 0 radical (unpaired) electrons. The number of aryl methyl sites for hydroxylation is 1. The van der Waals surface area contributed by atoms with Crippen LogP contribution in [0, 0.1) is 5.92 Å². The minimum Gasteiger partial charge on any atom is -0.389 e. The van der Waals surface area contributed by atoms with Gasteiger partial charge in [0, 0.05) is 43.7 Å². The standard InChI is InChI=1S/C20H26N2O2/c23-19(9-13-21-12-8-16-5-1-2-7-18(16)21)22-14-11-20(24)10-4-3-6-17(20)15-22/h1-2,5,7-8,12,17,24H,3-4,6,9-11,13-15H2/t17-,20+/m1/s1. The minimum absolute atomic E-state index is 0.223. The zero-order chi connectivity index (χ0) is 16.6. The maximum absolute atomic E-state index is 12.6. The van der Waals surface area contributed by atoms with Crippen LogP contribution < -0.4 is 0 Å². The van der Waals surface area contributed by atoms with Gasteiger partial charge in [-0.05, 0) is 36.8 Å². The number of rotatable bonds is 3. The summed E-state index contributed by atoms with van der Waals surface area (Å²) in [5.41, 5.74) is 0.677. The Morgan fingerprint density at radius 3 is 3.00 bits per heavy atom. The van der Waals surface area contributed by atoms with Gasteiger partial charge in [-0.2, -0.15) is 0 Å². The number of aliphatic hydroxyl groups is 1. The van der Waals surface area contributed by atoms with Gasteiger partial charge in [0.2, 0.25) is 5.91 Å². The van der Waals surface area contributed by atoms with Crippen molar-refractivity contribution in [3.63, 3.8) is 0 Å². The van der Waals surface area contributed by atoms with Crippen molar-refractivity contribution in [2.75, 3.05) is 13.1 Å². The third-order valence-electron chi connectivity index (χ3n) is 6.03. The normalized spacial score (nSPS) is 27.2. The van der Waals surface area contributed by atoms with Crippen LogP contribution in [0.4, 0.5) is 0 Å². The molecule has 1 aromatic heterocycles. The third-order valence-corrected chi connectivity index (χ3v) is 6.03. The number of hydrogen-bond acceptors (Lipinski definition) is 2. The number of aromatic nitrogens is 1. The van der Waals surface area contributed by atoms with Crippen molar-refractivity contribution < 1.29 is 9.90 Å². The van der Waals surface area contributed by atoms with Gasteiger partial charge in [-0.1, -0.05) is 31.0 Å². The fourth-order valence-corrected chi connectivity index (χ4v) is 4.51. The molecule has 1 N–H and O–H groups in total. The summed E-state index contributed by atoms with van der Waals surface area (Å²) in [6.07, 6.45) is 7.62. The van der Waals surface area contributed by atoms with E-state index in [-0.39, 0.29) is 11.8 Å². The molecular weight excluding hydrogens is 300 g/mol. The summed E-state index contributed by atoms with van der Waals surface area (Å²) in [6.45, 7) is 2.16. The van der Waals surface area contributed by atoms with Gasteiger partial charge in [0.1, 0.15) is 0 Å². The van der Waals surface area contributed by atoms with E-state index in [0.717, 1.165) is 38.8 Å². The summed E-state index contributed by atoms with van der Waals surface area (Å²) in [4.78, 5) is 14.6. The van der Waals surface area contributed by atoms with Crippen LogP contribution in [0.2, 0.25) is 0 Å². The highest BCUT2D eigenvalue weighted by molar-refractivity contribution is 5.80. The number of fused-ring (bicyclic) bond motifs is 2. The quantitative estimate of drug-likeness (QED) is 0.941. The van der Waals surface area contributed by atoms with Crippen LogP contribution in [0.3, 0.4) is 0 Å². The van der Waals surface area contributed by atoms with Crippen molar-refractivity contribution in [1.29, 1.82) is 0 Å². The van der Waals surface area contributed by atoms with Crippen LogP contribution in [0.1, 0.15) is 38.5 Å². The Kier molecular flexibility index (Phi) is 4.09. The summed E-state index contributed by atoms with van der Waals surface area (Å²) in [7, 11) is 0.